The number of halogens is 1. The van der Waals surface area contributed by atoms with Crippen LogP contribution in [0.3, 0.4) is 0 Å². The molecule has 0 saturated heterocycles. The van der Waals surface area contributed by atoms with Crippen LogP contribution in [0.15, 0.2) is 59.4 Å². The molecule has 2 aromatic heterocycles. The number of ether oxygens (including phenoxy) is 1. The molecule has 1 saturated carbocycles. The molecule has 6 heteroatoms. The topological polar surface area (TPSA) is 51.2 Å². The summed E-state index contributed by atoms with van der Waals surface area (Å²) in [5, 5.41) is 7.63. The number of alkyl carbamates (subject to hydrolysis) is 1. The third kappa shape index (κ3) is 4.92. The van der Waals surface area contributed by atoms with E-state index in [2.05, 4.69) is 33.2 Å². The minimum atomic E-state index is -0.304. The normalized spacial score (nSPS) is 23.8. The van der Waals surface area contributed by atoms with Crippen molar-refractivity contribution < 1.29 is 13.9 Å². The predicted molar refractivity (Wildman–Crippen MR) is 134 cm³/mol. The highest BCUT2D eigenvalue weighted by Crippen LogP contribution is 2.48. The molecule has 2 aliphatic carbocycles. The summed E-state index contributed by atoms with van der Waals surface area (Å²) in [4.78, 5) is 16.5. The van der Waals surface area contributed by atoms with E-state index in [9.17, 15) is 9.18 Å². The molecule has 0 unspecified atom stereocenters. The van der Waals surface area contributed by atoms with Crippen molar-refractivity contribution in [2.24, 2.45) is 11.8 Å². The van der Waals surface area contributed by atoms with Gasteiger partial charge in [-0.05, 0) is 96.2 Å². The Balaban J connectivity index is 1.32. The largest absolute Gasteiger partial charge is 0.450 e. The van der Waals surface area contributed by atoms with Gasteiger partial charge in [-0.1, -0.05) is 24.3 Å². The van der Waals surface area contributed by atoms with Crippen LogP contribution < -0.4 is 5.32 Å². The maximum absolute atomic E-state index is 13.6. The quantitative estimate of drug-likeness (QED) is 0.439. The second kappa shape index (κ2) is 10.1. The molecule has 0 spiro atoms. The Kier molecular flexibility index (Phi) is 6.77. The van der Waals surface area contributed by atoms with Gasteiger partial charge in [0.25, 0.3) is 0 Å². The lowest BCUT2D eigenvalue weighted by molar-refractivity contribution is 0.129. The number of thiophene rings is 1. The highest BCUT2D eigenvalue weighted by molar-refractivity contribution is 7.08. The molecule has 1 N–H and O–H groups in total. The lowest BCUT2D eigenvalue weighted by atomic mass is 9.63. The lowest BCUT2D eigenvalue weighted by Gasteiger charge is -2.43. The summed E-state index contributed by atoms with van der Waals surface area (Å²) in [6.45, 7) is 2.23. The molecule has 4 nitrogen and oxygen atoms in total. The summed E-state index contributed by atoms with van der Waals surface area (Å²) in [6, 6.07) is 10.8. The van der Waals surface area contributed by atoms with Gasteiger partial charge in [0.15, 0.2) is 0 Å². The summed E-state index contributed by atoms with van der Waals surface area (Å²) in [5.74, 6) is 1.21. The molecular formula is C28H29FN2O2S. The van der Waals surface area contributed by atoms with Crippen LogP contribution in [0.25, 0.3) is 17.2 Å². The fourth-order valence-corrected chi connectivity index (χ4v) is 6.48. The van der Waals surface area contributed by atoms with Crippen LogP contribution in [0.4, 0.5) is 9.18 Å². The van der Waals surface area contributed by atoms with Crippen molar-refractivity contribution in [3.63, 3.8) is 0 Å². The fraction of sp³-hybridized carbons (Fsp3) is 0.357. The first-order valence-electron chi connectivity index (χ1n) is 12.0. The van der Waals surface area contributed by atoms with Crippen LogP contribution in [0.1, 0.15) is 48.9 Å². The summed E-state index contributed by atoms with van der Waals surface area (Å²) >= 11 is 1.78. The van der Waals surface area contributed by atoms with Crippen LogP contribution in [-0.4, -0.2) is 23.7 Å². The number of allylic oxidation sites excluding steroid dienone is 1. The Morgan fingerprint density at radius 1 is 1.24 bits per heavy atom. The number of aromatic nitrogens is 1. The second-order valence-corrected chi connectivity index (χ2v) is 9.97. The third-order valence-corrected chi connectivity index (χ3v) is 7.95. The van der Waals surface area contributed by atoms with Crippen LogP contribution in [-0.2, 0) is 11.2 Å². The van der Waals surface area contributed by atoms with Gasteiger partial charge in [0.05, 0.1) is 12.3 Å². The van der Waals surface area contributed by atoms with Gasteiger partial charge in [-0.2, -0.15) is 11.3 Å². The number of rotatable bonds is 5. The fourth-order valence-electron chi connectivity index (χ4n) is 5.56. The van der Waals surface area contributed by atoms with Crippen LogP contribution >= 0.6 is 11.3 Å². The summed E-state index contributed by atoms with van der Waals surface area (Å²) in [5.41, 5.74) is 5.51. The molecule has 1 aromatic carbocycles. The van der Waals surface area contributed by atoms with E-state index in [0.29, 0.717) is 24.4 Å². The summed E-state index contributed by atoms with van der Waals surface area (Å²) in [6.07, 6.45) is 10.1. The van der Waals surface area contributed by atoms with E-state index < -0.39 is 0 Å². The van der Waals surface area contributed by atoms with Crippen LogP contribution in [0.5, 0.6) is 0 Å². The molecule has 3 aromatic rings. The summed E-state index contributed by atoms with van der Waals surface area (Å²) < 4.78 is 18.6. The molecule has 0 radical (unpaired) electrons. The molecule has 5 rings (SSSR count). The molecule has 1 amide bonds. The molecule has 0 bridgehead atoms. The average Bonchev–Trinajstić information content (AvgIpc) is 3.30. The summed E-state index contributed by atoms with van der Waals surface area (Å²) in [7, 11) is 0. The number of amides is 1. The van der Waals surface area contributed by atoms with Gasteiger partial charge in [-0.25, -0.2) is 9.18 Å². The standard InChI is InChI=1S/C28H29FN2O2S/c1-2-33-28(32)31-24-9-10-25-20(14-24)12-21-16-34-17-27(21)26(25)11-8-23-7-6-19(15-30-23)18-4-3-5-22(29)13-18/h3-8,11,13,15-17,20,24-26H,2,9-10,12,14H2,1H3,(H,31,32)/t20-,24-,25-,26+/m1/s1. The Hall–Kier alpha value is -2.99. The maximum atomic E-state index is 13.6. The van der Waals surface area contributed by atoms with Gasteiger partial charge in [0.1, 0.15) is 5.82 Å². The molecule has 1 fully saturated rings. The minimum absolute atomic E-state index is 0.183. The van der Waals surface area contributed by atoms with Gasteiger partial charge in [-0.3, -0.25) is 4.98 Å². The van der Waals surface area contributed by atoms with Crippen molar-refractivity contribution in [2.75, 3.05) is 6.61 Å². The SMILES string of the molecule is CCOC(=O)N[C@@H]1CC[C@@H]2[C@H](Cc3cscc3[C@H]2C=Cc2ccc(-c3cccc(F)c3)cn2)C1. The third-order valence-electron chi connectivity index (χ3n) is 7.14. The zero-order valence-electron chi connectivity index (χ0n) is 19.2. The minimum Gasteiger partial charge on any atom is -0.450 e. The Bertz CT molecular complexity index is 1170. The first-order chi connectivity index (χ1) is 16.6. The zero-order valence-corrected chi connectivity index (χ0v) is 20.1. The van der Waals surface area contributed by atoms with Crippen molar-refractivity contribution >= 4 is 23.5 Å². The van der Waals surface area contributed by atoms with Crippen molar-refractivity contribution in [1.29, 1.82) is 0 Å². The van der Waals surface area contributed by atoms with Crippen LogP contribution in [0, 0.1) is 17.7 Å². The Morgan fingerprint density at radius 3 is 2.94 bits per heavy atom. The van der Waals surface area contributed by atoms with Crippen molar-refractivity contribution in [2.45, 2.75) is 44.6 Å². The highest BCUT2D eigenvalue weighted by Gasteiger charge is 2.40. The van der Waals surface area contributed by atoms with E-state index in [1.165, 1.54) is 23.3 Å². The number of nitrogens with zero attached hydrogens (tertiary/aromatic N) is 1. The van der Waals surface area contributed by atoms with Crippen molar-refractivity contribution in [3.8, 4) is 11.1 Å². The number of carbonyl (C=O) groups excluding carboxylic acids is 1. The molecule has 34 heavy (non-hydrogen) atoms. The molecule has 4 atom stereocenters. The second-order valence-electron chi connectivity index (χ2n) is 9.22. The molecule has 0 aliphatic heterocycles. The van der Waals surface area contributed by atoms with E-state index in [1.54, 1.807) is 23.6 Å². The van der Waals surface area contributed by atoms with Gasteiger partial charge in [0, 0.05) is 23.7 Å². The Morgan fingerprint density at radius 2 is 2.15 bits per heavy atom. The number of fused-ring (bicyclic) bond motifs is 2. The molecule has 2 heterocycles. The number of hydrogen-bond acceptors (Lipinski definition) is 4. The first kappa shape index (κ1) is 22.8. The number of nitrogens with one attached hydrogen (secondary N) is 1. The van der Waals surface area contributed by atoms with E-state index in [1.807, 2.05) is 25.1 Å². The highest BCUT2D eigenvalue weighted by atomic mass is 32.1. The number of pyridine rings is 1. The monoisotopic (exact) mass is 476 g/mol. The Labute approximate surface area is 203 Å². The lowest BCUT2D eigenvalue weighted by Crippen LogP contribution is -2.43. The van der Waals surface area contributed by atoms with Gasteiger partial charge < -0.3 is 10.1 Å². The van der Waals surface area contributed by atoms with E-state index in [0.717, 1.165) is 42.5 Å². The first-order valence-corrected chi connectivity index (χ1v) is 12.9. The van der Waals surface area contributed by atoms with Crippen molar-refractivity contribution in [3.05, 3.63) is 82.1 Å². The average molecular weight is 477 g/mol. The van der Waals surface area contributed by atoms with Gasteiger partial charge >= 0.3 is 6.09 Å². The van der Waals surface area contributed by atoms with E-state index in [4.69, 9.17) is 4.74 Å². The van der Waals surface area contributed by atoms with E-state index in [-0.39, 0.29) is 18.0 Å². The molecule has 2 aliphatic rings. The van der Waals surface area contributed by atoms with E-state index >= 15 is 0 Å². The van der Waals surface area contributed by atoms with Gasteiger partial charge in [-0.15, -0.1) is 0 Å². The number of carbonyl (C=O) groups is 1. The van der Waals surface area contributed by atoms with Crippen molar-refractivity contribution in [1.82, 2.24) is 10.3 Å². The van der Waals surface area contributed by atoms with Gasteiger partial charge in [0.2, 0.25) is 0 Å². The zero-order chi connectivity index (χ0) is 23.5. The van der Waals surface area contributed by atoms with Crippen LogP contribution in [0.2, 0.25) is 0 Å². The predicted octanol–water partition coefficient (Wildman–Crippen LogP) is 6.83. The number of benzene rings is 1. The molecule has 176 valence electrons. The molecular weight excluding hydrogens is 447 g/mol. The smallest absolute Gasteiger partial charge is 0.407 e. The number of hydrogen-bond donors (Lipinski definition) is 1. The maximum Gasteiger partial charge on any atom is 0.407 e.